The van der Waals surface area contributed by atoms with Gasteiger partial charge in [0.2, 0.25) is 17.7 Å². The fraction of sp³-hybridized carbons (Fsp3) is 0.711. The molecule has 0 spiro atoms. The van der Waals surface area contributed by atoms with Crippen LogP contribution in [0.1, 0.15) is 298 Å². The highest BCUT2D eigenvalue weighted by atomic mass is 79.9. The molecule has 134 heavy (non-hydrogen) atoms. The van der Waals surface area contributed by atoms with Gasteiger partial charge in [-0.2, -0.15) is 0 Å². The number of rotatable bonds is 41. The number of carbonyl (C=O) groups is 13. The number of nitrogens with one attached hydrogen (secondary N) is 2. The van der Waals surface area contributed by atoms with Crippen molar-refractivity contribution in [3.63, 3.8) is 0 Å². The molecule has 0 radical (unpaired) electrons. The van der Waals surface area contributed by atoms with Crippen molar-refractivity contribution in [2.24, 2.45) is 102 Å². The zero-order valence-corrected chi connectivity index (χ0v) is 83.2. The molecule has 754 valence electrons. The molecule has 37 heteroatoms. The summed E-state index contributed by atoms with van der Waals surface area (Å²) < 4.78 is 44.4. The number of hydrogen-bond donors (Lipinski definition) is 11. The number of hydrogen-bond acceptors (Lipinski definition) is 20. The summed E-state index contributed by atoms with van der Waals surface area (Å²) in [5.41, 5.74) is 39.1. The van der Waals surface area contributed by atoms with Crippen LogP contribution in [0.2, 0.25) is 0 Å². The average Bonchev–Trinajstić information content (AvgIpc) is 1.65. The smallest absolute Gasteiger partial charge is 0.326 e. The summed E-state index contributed by atoms with van der Waals surface area (Å²) in [5.74, 6) is -3.73. The van der Waals surface area contributed by atoms with Crippen LogP contribution in [-0.4, -0.2) is 234 Å². The molecule has 4 saturated carbocycles. The first-order valence-corrected chi connectivity index (χ1v) is 50.3. The fourth-order valence-corrected chi connectivity index (χ4v) is 19.4. The second-order valence-electron chi connectivity index (χ2n) is 36.8. The van der Waals surface area contributed by atoms with E-state index in [1.165, 1.54) is 97.0 Å². The normalized spacial score (nSPS) is 20.2. The predicted octanol–water partition coefficient (Wildman–Crippen LogP) is 13.2. The number of carboxylic acids is 2. The number of guanidine groups is 2. The quantitative estimate of drug-likeness (QED) is 0.00968. The number of amidine groups is 1. The van der Waals surface area contributed by atoms with Crippen LogP contribution in [0.5, 0.6) is 0 Å². The number of Topliss-reactive ketones (excluding diaryl/α,β-unsaturated/α-hetero) is 5. The van der Waals surface area contributed by atoms with Gasteiger partial charge in [0.25, 0.3) is 11.1 Å². The van der Waals surface area contributed by atoms with Crippen LogP contribution in [-0.2, 0) is 57.5 Å². The van der Waals surface area contributed by atoms with E-state index < -0.39 is 103 Å². The molecule has 11 atom stereocenters. The number of nitrogens with zero attached hydrogens (tertiary/aromatic N) is 6. The Labute approximate surface area is 811 Å². The summed E-state index contributed by atoms with van der Waals surface area (Å²) in [6.45, 7) is 5.81. The molecule has 4 heterocycles. The molecular formula is C97H153Br2ClF3N15O16. The highest BCUT2D eigenvalue weighted by Crippen LogP contribution is 2.35. The molecule has 2 aromatic rings. The van der Waals surface area contributed by atoms with E-state index in [4.69, 9.17) is 61.9 Å². The van der Waals surface area contributed by atoms with Gasteiger partial charge in [-0.3, -0.25) is 72.5 Å². The second kappa shape index (κ2) is 66.2. The Morgan fingerprint density at radius 2 is 0.866 bits per heavy atom. The third-order valence-corrected chi connectivity index (χ3v) is 27.5. The molecule has 18 N–H and O–H groups in total. The van der Waals surface area contributed by atoms with Gasteiger partial charge in [-0.25, -0.2) is 18.0 Å². The first-order chi connectivity index (χ1) is 63.9. The lowest BCUT2D eigenvalue weighted by atomic mass is 9.83. The number of carboxylic acid groups (broad SMARTS) is 2. The molecule has 8 aliphatic rings. The van der Waals surface area contributed by atoms with Crippen LogP contribution in [0.25, 0.3) is 0 Å². The number of ketones is 5. The lowest BCUT2D eigenvalue weighted by molar-refractivity contribution is -0.150. The lowest BCUT2D eigenvalue weighted by Gasteiger charge is -2.32. The van der Waals surface area contributed by atoms with Gasteiger partial charge in [-0.15, -0.1) is 0 Å². The Bertz CT molecular complexity index is 4030. The van der Waals surface area contributed by atoms with Gasteiger partial charge in [0.1, 0.15) is 38.1 Å². The van der Waals surface area contributed by atoms with Crippen molar-refractivity contribution in [1.82, 2.24) is 25.3 Å². The van der Waals surface area contributed by atoms with Crippen molar-refractivity contribution in [3.8, 4) is 0 Å². The van der Waals surface area contributed by atoms with Gasteiger partial charge in [0.15, 0.2) is 40.8 Å². The number of halogens is 6. The number of alkyl halides is 3. The number of nitrogens with two attached hydrogens (primary N) is 7. The van der Waals surface area contributed by atoms with E-state index in [0.29, 0.717) is 144 Å². The van der Waals surface area contributed by atoms with Gasteiger partial charge in [-0.1, -0.05) is 174 Å². The van der Waals surface area contributed by atoms with E-state index in [0.717, 1.165) is 92.5 Å². The summed E-state index contributed by atoms with van der Waals surface area (Å²) in [5, 5.41) is 23.4. The van der Waals surface area contributed by atoms with Crippen molar-refractivity contribution in [2.45, 2.75) is 320 Å². The van der Waals surface area contributed by atoms with E-state index in [9.17, 15) is 75.5 Å². The Hall–Kier alpha value is -8.32. The van der Waals surface area contributed by atoms with E-state index in [1.807, 2.05) is 13.8 Å². The van der Waals surface area contributed by atoms with E-state index in [2.05, 4.69) is 62.2 Å². The number of esters is 1. The van der Waals surface area contributed by atoms with Crippen LogP contribution in [0.3, 0.4) is 0 Å². The Balaban J connectivity index is 0.000000351. The highest BCUT2D eigenvalue weighted by Gasteiger charge is 2.42. The number of likely N-dealkylation sites (tertiary alicyclic amines) is 3. The van der Waals surface area contributed by atoms with Gasteiger partial charge in [-0.05, 0) is 213 Å². The maximum atomic E-state index is 13.9. The standard InChI is InChI=1S/C29H41BrFN5O4.C22H38FN5O3.C15H25NO3.C10H18O2.C8H16FN3O.C7H4BrClO.C6H11NO2/c30-22-12-10-20(11-13-22)27(39)35-23(16-19-6-2-1-3-7-19)28(40)36-15-5-9-24(36)25(37)17-21(26(38)18-31)8-4-14-34-29(32)33;23-14-20(30)16(8-4-10-27-22(25)26)13-19(29)18-9-5-11-28(18)21(31)17(24)12-15-6-2-1-3-7-15;1-11(10-12-6-3-2-4-7-12)14(17)16-9-5-8-13(16)15(18)19;1-8(10(11)12)7-9-5-3-2-4-6-9;1-6(10)12-4-2-3-7(11)8(13)5-9;8-6-3-1-5(2-4-6)7(9)10;1-9-6(8)5-3-2-4-7-5/h10-13,19,21,23-24H,1-9,14-18H2,(H,35,39)(H4,32,33,34);15-18H,1-14,24H2,(H4,25,26,27);11-13H,2-10H2,1H3,(H,18,19);8-9H,2-7H2,1H3,(H,11,12);7H,2-5,11H2,1H3,(H2,10,12);1-4H;5,7H,2-4H2,1H3/t21-,23+,24+;16-,17+,18+;11-,13-;8-;7-;;5-/m11000.0/s1. The Kier molecular flexibility index (Phi) is 58.3. The minimum Gasteiger partial charge on any atom is -0.481 e. The first-order valence-electron chi connectivity index (χ1n) is 48.3. The first kappa shape index (κ1) is 118. The maximum absolute atomic E-state index is 13.9. The van der Waals surface area contributed by atoms with Crippen LogP contribution < -0.4 is 50.8 Å². The molecule has 8 fully saturated rings. The summed E-state index contributed by atoms with van der Waals surface area (Å²) in [6, 6.07) is 9.88. The average molecular weight is 2040 g/mol. The van der Waals surface area contributed by atoms with Crippen LogP contribution >= 0.6 is 43.5 Å². The van der Waals surface area contributed by atoms with Crippen molar-refractivity contribution in [3.05, 3.63) is 68.6 Å². The lowest BCUT2D eigenvalue weighted by Crippen LogP contribution is -2.52. The van der Waals surface area contributed by atoms with Gasteiger partial charge in [0, 0.05) is 89.9 Å². The number of carbonyl (C=O) groups excluding carboxylic acids is 11. The van der Waals surface area contributed by atoms with Gasteiger partial charge >= 0.3 is 17.9 Å². The van der Waals surface area contributed by atoms with Crippen LogP contribution in [0.15, 0.2) is 72.5 Å². The molecule has 4 aliphatic heterocycles. The molecule has 4 amide bonds. The monoisotopic (exact) mass is 2030 g/mol. The van der Waals surface area contributed by atoms with E-state index in [-0.39, 0.29) is 96.8 Å². The fourth-order valence-electron chi connectivity index (χ4n) is 18.7. The summed E-state index contributed by atoms with van der Waals surface area (Å²) in [6.07, 6.45) is 35.3. The van der Waals surface area contributed by atoms with Crippen molar-refractivity contribution >= 4 is 137 Å². The molecule has 10 rings (SSSR count). The van der Waals surface area contributed by atoms with Crippen LogP contribution in [0, 0.1) is 47.3 Å². The molecule has 0 bridgehead atoms. The summed E-state index contributed by atoms with van der Waals surface area (Å²) >= 11 is 11.8. The Morgan fingerprint density at radius 3 is 1.25 bits per heavy atom. The summed E-state index contributed by atoms with van der Waals surface area (Å²) in [7, 11) is 1.42. The van der Waals surface area contributed by atoms with E-state index >= 15 is 0 Å². The van der Waals surface area contributed by atoms with Crippen molar-refractivity contribution < 1.29 is 90.5 Å². The van der Waals surface area contributed by atoms with Crippen molar-refractivity contribution in [1.29, 1.82) is 0 Å². The van der Waals surface area contributed by atoms with Crippen LogP contribution in [0.4, 0.5) is 13.2 Å². The third kappa shape index (κ3) is 45.8. The molecule has 4 saturated heterocycles. The molecular weight excluding hydrogens is 1880 g/mol. The molecule has 4 aliphatic carbocycles. The molecule has 31 nitrogen and oxygen atoms in total. The maximum Gasteiger partial charge on any atom is 0.326 e. The summed E-state index contributed by atoms with van der Waals surface area (Å²) in [4.78, 5) is 173. The topological polar surface area (TPSA) is 525 Å². The minimum absolute atomic E-state index is 0.0250. The number of aliphatic carboxylic acids is 2. The zero-order chi connectivity index (χ0) is 99.2. The molecule has 0 unspecified atom stereocenters. The highest BCUT2D eigenvalue weighted by molar-refractivity contribution is 9.10. The minimum atomic E-state index is -1.15. The number of methoxy groups -OCH3 is 1. The zero-order valence-electron chi connectivity index (χ0n) is 79.2. The number of amides is 4. The second-order valence-corrected chi connectivity index (χ2v) is 39.0. The van der Waals surface area contributed by atoms with Gasteiger partial charge in [0.05, 0.1) is 43.0 Å². The molecule has 0 aromatic heterocycles. The predicted molar refractivity (Wildman–Crippen MR) is 522 cm³/mol. The van der Waals surface area contributed by atoms with Gasteiger partial charge < -0.3 is 80.4 Å². The number of benzene rings is 2. The molecule has 2 aromatic carbocycles. The van der Waals surface area contributed by atoms with Crippen molar-refractivity contribution in [2.75, 3.05) is 72.9 Å². The van der Waals surface area contributed by atoms with E-state index in [1.54, 1.807) is 70.2 Å². The largest absolute Gasteiger partial charge is 0.481 e. The number of ether oxygens (including phenoxy) is 1. The Morgan fingerprint density at radius 1 is 0.478 bits per heavy atom. The third-order valence-electron chi connectivity index (χ3n) is 26.2. The number of aliphatic imine (C=N–C) groups is 3. The SMILES string of the molecule is CC(N)=NCCC[C@H](N)C(=O)CF.COC(=O)[C@@H]1CCCN1.C[C@@H](CC1CCCCC1)C(=O)N1CCC[C@H]1C(=O)O.C[C@@H](CC1CCCCC1)C(=O)O.NC(N)=NCCC[C@H](CC(=O)[C@@H]1CCCN1C(=O)[C@@H](N)CC1CCCCC1)C(=O)CF.NC(N)=NCCC[C@H](CC(=O)[C@@H]1CCCN1C(=O)[C@H](CC1CCCCC1)NC(=O)c1ccc(Br)cc1)C(=O)CF.O=C(Cl)c1ccc(Br)cc1.